The second kappa shape index (κ2) is 4.53. The van der Waals surface area contributed by atoms with Gasteiger partial charge in [-0.25, -0.2) is 0 Å². The third kappa shape index (κ3) is 2.12. The topological polar surface area (TPSA) is 35.2 Å². The van der Waals surface area contributed by atoms with Gasteiger partial charge in [0.2, 0.25) is 0 Å². The van der Waals surface area contributed by atoms with Crippen LogP contribution < -0.4 is 10.5 Å². The van der Waals surface area contributed by atoms with Gasteiger partial charge in [-0.2, -0.15) is 0 Å². The highest BCUT2D eigenvalue weighted by Gasteiger charge is 2.10. The number of rotatable bonds is 2. The summed E-state index contributed by atoms with van der Waals surface area (Å²) < 4.78 is 5.08. The van der Waals surface area contributed by atoms with Gasteiger partial charge in [0, 0.05) is 17.0 Å². The Morgan fingerprint density at radius 3 is 2.50 bits per heavy atom. The molecule has 0 unspecified atom stereocenters. The van der Waals surface area contributed by atoms with Crippen molar-refractivity contribution in [3.63, 3.8) is 0 Å². The van der Waals surface area contributed by atoms with Crippen LogP contribution in [0.4, 0.5) is 5.00 Å². The molecular weight excluding hydrogens is 265 g/mol. The van der Waals surface area contributed by atoms with Crippen LogP contribution >= 0.6 is 34.5 Å². The van der Waals surface area contributed by atoms with Crippen LogP contribution in [-0.2, 0) is 0 Å². The lowest BCUT2D eigenvalue weighted by Gasteiger charge is -2.07. The number of ether oxygens (including phenoxy) is 1. The van der Waals surface area contributed by atoms with Crippen LogP contribution in [0.2, 0.25) is 10.0 Å². The predicted octanol–water partition coefficient (Wildman–Crippen LogP) is 4.31. The first kappa shape index (κ1) is 11.6. The van der Waals surface area contributed by atoms with Gasteiger partial charge < -0.3 is 10.5 Å². The summed E-state index contributed by atoms with van der Waals surface area (Å²) in [6.45, 7) is 0. The molecule has 1 aromatic heterocycles. The van der Waals surface area contributed by atoms with Gasteiger partial charge >= 0.3 is 0 Å². The van der Waals surface area contributed by atoms with E-state index in [0.29, 0.717) is 15.8 Å². The van der Waals surface area contributed by atoms with E-state index in [1.54, 1.807) is 19.2 Å². The zero-order chi connectivity index (χ0) is 11.7. The number of hydrogen-bond donors (Lipinski definition) is 1. The highest BCUT2D eigenvalue weighted by Crippen LogP contribution is 2.38. The van der Waals surface area contributed by atoms with Crippen molar-refractivity contribution in [2.45, 2.75) is 0 Å². The molecule has 2 aromatic rings. The van der Waals surface area contributed by atoms with E-state index in [4.69, 9.17) is 33.7 Å². The number of benzene rings is 1. The van der Waals surface area contributed by atoms with E-state index < -0.39 is 0 Å². The van der Waals surface area contributed by atoms with Crippen molar-refractivity contribution < 1.29 is 4.74 Å². The van der Waals surface area contributed by atoms with Crippen molar-refractivity contribution >= 4 is 39.5 Å². The van der Waals surface area contributed by atoms with E-state index in [9.17, 15) is 0 Å². The number of methoxy groups -OCH3 is 1. The standard InChI is InChI=1S/C11H9Cl2NOS/c1-15-10-4-8(12)7(3-9(10)13)6-2-11(14)16-5-6/h2-5H,14H2,1H3. The third-order valence-corrected chi connectivity index (χ3v) is 3.54. The molecule has 2 nitrogen and oxygen atoms in total. The van der Waals surface area contributed by atoms with Gasteiger partial charge in [-0.05, 0) is 17.7 Å². The third-order valence-electron chi connectivity index (χ3n) is 2.17. The van der Waals surface area contributed by atoms with Crippen LogP contribution in [0.1, 0.15) is 0 Å². The molecular formula is C11H9Cl2NOS. The maximum absolute atomic E-state index is 6.15. The molecule has 1 heterocycles. The summed E-state index contributed by atoms with van der Waals surface area (Å²) >= 11 is 13.7. The minimum absolute atomic E-state index is 0.534. The molecule has 84 valence electrons. The zero-order valence-electron chi connectivity index (χ0n) is 8.46. The van der Waals surface area contributed by atoms with Gasteiger partial charge in [0.1, 0.15) is 5.75 Å². The van der Waals surface area contributed by atoms with Gasteiger partial charge in [0.05, 0.1) is 22.2 Å². The number of nitrogen functional groups attached to an aromatic ring is 1. The zero-order valence-corrected chi connectivity index (χ0v) is 10.8. The van der Waals surface area contributed by atoms with Crippen LogP contribution in [0.25, 0.3) is 11.1 Å². The van der Waals surface area contributed by atoms with Crippen molar-refractivity contribution in [1.29, 1.82) is 0 Å². The molecule has 16 heavy (non-hydrogen) atoms. The van der Waals surface area contributed by atoms with E-state index in [1.807, 2.05) is 11.4 Å². The van der Waals surface area contributed by atoms with E-state index in [2.05, 4.69) is 0 Å². The molecule has 0 aliphatic carbocycles. The molecule has 0 bridgehead atoms. The molecule has 0 fully saturated rings. The lowest BCUT2D eigenvalue weighted by Crippen LogP contribution is -1.86. The van der Waals surface area contributed by atoms with Crippen LogP contribution in [0.3, 0.4) is 0 Å². The van der Waals surface area contributed by atoms with Crippen molar-refractivity contribution in [2.75, 3.05) is 12.8 Å². The maximum Gasteiger partial charge on any atom is 0.138 e. The van der Waals surface area contributed by atoms with E-state index in [0.717, 1.165) is 16.1 Å². The molecule has 0 radical (unpaired) electrons. The van der Waals surface area contributed by atoms with Crippen LogP contribution in [0.5, 0.6) is 5.75 Å². The average molecular weight is 274 g/mol. The molecule has 0 aliphatic heterocycles. The van der Waals surface area contributed by atoms with Crippen LogP contribution in [0, 0.1) is 0 Å². The monoisotopic (exact) mass is 273 g/mol. The Bertz CT molecular complexity index is 525. The van der Waals surface area contributed by atoms with Crippen molar-refractivity contribution in [3.8, 4) is 16.9 Å². The molecule has 0 saturated carbocycles. The Morgan fingerprint density at radius 1 is 1.19 bits per heavy atom. The highest BCUT2D eigenvalue weighted by atomic mass is 35.5. The smallest absolute Gasteiger partial charge is 0.138 e. The minimum atomic E-state index is 0.534. The SMILES string of the molecule is COc1cc(Cl)c(-c2csc(N)c2)cc1Cl. The summed E-state index contributed by atoms with van der Waals surface area (Å²) in [6, 6.07) is 5.35. The van der Waals surface area contributed by atoms with Gasteiger partial charge in [0.15, 0.2) is 0 Å². The Kier molecular flexibility index (Phi) is 3.28. The molecule has 1 aromatic carbocycles. The van der Waals surface area contributed by atoms with Gasteiger partial charge in [-0.3, -0.25) is 0 Å². The number of hydrogen-bond acceptors (Lipinski definition) is 3. The Morgan fingerprint density at radius 2 is 1.94 bits per heavy atom. The van der Waals surface area contributed by atoms with Gasteiger partial charge in [0.25, 0.3) is 0 Å². The highest BCUT2D eigenvalue weighted by molar-refractivity contribution is 7.14. The Balaban J connectivity index is 2.54. The first-order valence-corrected chi connectivity index (χ1v) is 6.13. The molecule has 5 heteroatoms. The first-order valence-electron chi connectivity index (χ1n) is 4.49. The average Bonchev–Trinajstić information content (AvgIpc) is 2.67. The number of halogens is 2. The molecule has 0 saturated heterocycles. The second-order valence-electron chi connectivity index (χ2n) is 3.20. The summed E-state index contributed by atoms with van der Waals surface area (Å²) in [5.41, 5.74) is 7.51. The molecule has 0 amide bonds. The summed E-state index contributed by atoms with van der Waals surface area (Å²) in [4.78, 5) is 0. The van der Waals surface area contributed by atoms with E-state index in [-0.39, 0.29) is 0 Å². The summed E-state index contributed by atoms with van der Waals surface area (Å²) in [6.07, 6.45) is 0. The predicted molar refractivity (Wildman–Crippen MR) is 70.7 cm³/mol. The Hall–Kier alpha value is -0.900. The lowest BCUT2D eigenvalue weighted by molar-refractivity contribution is 0.415. The van der Waals surface area contributed by atoms with Gasteiger partial charge in [-0.15, -0.1) is 11.3 Å². The molecule has 2 N–H and O–H groups in total. The molecule has 0 aliphatic rings. The van der Waals surface area contributed by atoms with Crippen molar-refractivity contribution in [2.24, 2.45) is 0 Å². The molecule has 0 atom stereocenters. The summed E-state index contributed by atoms with van der Waals surface area (Å²) in [5, 5.41) is 3.82. The fourth-order valence-corrected chi connectivity index (χ4v) is 2.56. The van der Waals surface area contributed by atoms with Crippen molar-refractivity contribution in [1.82, 2.24) is 0 Å². The normalized spacial score (nSPS) is 10.4. The summed E-state index contributed by atoms with van der Waals surface area (Å²) in [7, 11) is 1.56. The number of anilines is 1. The number of nitrogens with two attached hydrogens (primary N) is 1. The lowest BCUT2D eigenvalue weighted by atomic mass is 10.1. The Labute approximate surface area is 108 Å². The largest absolute Gasteiger partial charge is 0.495 e. The van der Waals surface area contributed by atoms with E-state index >= 15 is 0 Å². The minimum Gasteiger partial charge on any atom is -0.495 e. The second-order valence-corrected chi connectivity index (χ2v) is 4.96. The van der Waals surface area contributed by atoms with Gasteiger partial charge in [-0.1, -0.05) is 23.2 Å². The summed E-state index contributed by atoms with van der Waals surface area (Å²) in [5.74, 6) is 0.568. The quantitative estimate of drug-likeness (QED) is 0.885. The fraction of sp³-hybridized carbons (Fsp3) is 0.0909. The van der Waals surface area contributed by atoms with Crippen LogP contribution in [0.15, 0.2) is 23.6 Å². The van der Waals surface area contributed by atoms with Crippen molar-refractivity contribution in [3.05, 3.63) is 33.6 Å². The molecule has 0 spiro atoms. The van der Waals surface area contributed by atoms with E-state index in [1.165, 1.54) is 11.3 Å². The number of thiophene rings is 1. The maximum atomic E-state index is 6.15. The fourth-order valence-electron chi connectivity index (χ4n) is 1.40. The van der Waals surface area contributed by atoms with Crippen LogP contribution in [-0.4, -0.2) is 7.11 Å². The molecule has 2 rings (SSSR count). The first-order chi connectivity index (χ1) is 7.61.